The van der Waals surface area contributed by atoms with Crippen LogP contribution in [0.5, 0.6) is 5.75 Å². The molecule has 3 heterocycles. The zero-order valence-corrected chi connectivity index (χ0v) is 19.6. The van der Waals surface area contributed by atoms with Crippen LogP contribution < -0.4 is 9.64 Å². The summed E-state index contributed by atoms with van der Waals surface area (Å²) in [6, 6.07) is 18.1. The van der Waals surface area contributed by atoms with Crippen molar-refractivity contribution >= 4 is 28.4 Å². The normalized spacial score (nSPS) is 13.9. The summed E-state index contributed by atoms with van der Waals surface area (Å²) in [6.07, 6.45) is 0. The fraction of sp³-hybridized carbons (Fsp3) is 0.269. The average molecular weight is 475 g/mol. The second-order valence-electron chi connectivity index (χ2n) is 8.63. The van der Waals surface area contributed by atoms with Crippen LogP contribution in [0.25, 0.3) is 11.1 Å². The molecule has 1 fully saturated rings. The number of fused-ring (bicyclic) bond motifs is 1. The van der Waals surface area contributed by atoms with Crippen LogP contribution in [0.4, 0.5) is 11.4 Å². The summed E-state index contributed by atoms with van der Waals surface area (Å²) in [5, 5.41) is 11.2. The Bertz CT molecular complexity index is 1380. The van der Waals surface area contributed by atoms with E-state index in [1.165, 1.54) is 6.07 Å². The van der Waals surface area contributed by atoms with Gasteiger partial charge in [-0.25, -0.2) is 0 Å². The van der Waals surface area contributed by atoms with Gasteiger partial charge in [-0.1, -0.05) is 12.1 Å². The molecule has 0 unspecified atom stereocenters. The minimum Gasteiger partial charge on any atom is -0.497 e. The molecular weight excluding hydrogens is 448 g/mol. The second-order valence-corrected chi connectivity index (χ2v) is 8.63. The number of aromatic nitrogens is 1. The lowest BCUT2D eigenvalue weighted by Crippen LogP contribution is -2.49. The van der Waals surface area contributed by atoms with E-state index in [1.54, 1.807) is 25.3 Å². The van der Waals surface area contributed by atoms with Crippen molar-refractivity contribution < 1.29 is 18.9 Å². The van der Waals surface area contributed by atoms with Gasteiger partial charge in [0.25, 0.3) is 11.6 Å². The summed E-state index contributed by atoms with van der Waals surface area (Å²) in [5.41, 5.74) is 3.82. The van der Waals surface area contributed by atoms with Gasteiger partial charge < -0.3 is 23.5 Å². The first-order chi connectivity index (χ1) is 16.9. The number of methoxy groups -OCH3 is 1. The van der Waals surface area contributed by atoms with Gasteiger partial charge in [-0.05, 0) is 36.8 Å². The number of anilines is 1. The Morgan fingerprint density at radius 3 is 2.49 bits per heavy atom. The molecule has 2 aromatic carbocycles. The number of nitro benzene ring substituents is 1. The van der Waals surface area contributed by atoms with Crippen molar-refractivity contribution in [1.29, 1.82) is 0 Å². The number of piperazine rings is 1. The van der Waals surface area contributed by atoms with E-state index in [-0.39, 0.29) is 11.6 Å². The smallest absolute Gasteiger partial charge is 0.270 e. The van der Waals surface area contributed by atoms with Gasteiger partial charge in [0.2, 0.25) is 0 Å². The summed E-state index contributed by atoms with van der Waals surface area (Å²) in [5.74, 6) is 1.48. The monoisotopic (exact) mass is 474 g/mol. The average Bonchev–Trinajstić information content (AvgIpc) is 3.40. The number of aryl methyl sites for hydroxylation is 1. The van der Waals surface area contributed by atoms with E-state index in [9.17, 15) is 14.9 Å². The number of ether oxygens (including phenoxy) is 1. The lowest BCUT2D eigenvalue weighted by atomic mass is 10.2. The van der Waals surface area contributed by atoms with E-state index in [4.69, 9.17) is 9.15 Å². The lowest BCUT2D eigenvalue weighted by Gasteiger charge is -2.36. The van der Waals surface area contributed by atoms with Gasteiger partial charge >= 0.3 is 0 Å². The molecule has 0 saturated carbocycles. The highest BCUT2D eigenvalue weighted by atomic mass is 16.6. The van der Waals surface area contributed by atoms with Gasteiger partial charge in [-0.3, -0.25) is 14.9 Å². The minimum absolute atomic E-state index is 0.0248. The van der Waals surface area contributed by atoms with Crippen LogP contribution in [0, 0.1) is 17.0 Å². The SMILES string of the molecule is COc1ccc(N2CCN(C(=O)c3cc4oc(C)cc4n3Cc3cccc([N+](=O)[O-])c3)CC2)cc1. The fourth-order valence-corrected chi connectivity index (χ4v) is 4.59. The van der Waals surface area contributed by atoms with E-state index < -0.39 is 4.92 Å². The molecule has 180 valence electrons. The summed E-state index contributed by atoms with van der Waals surface area (Å²) in [4.78, 5) is 28.5. The van der Waals surface area contributed by atoms with Crippen molar-refractivity contribution in [2.75, 3.05) is 38.2 Å². The first kappa shape index (κ1) is 22.5. The molecule has 1 aliphatic heterocycles. The Morgan fingerprint density at radius 1 is 1.06 bits per heavy atom. The molecule has 0 aliphatic carbocycles. The van der Waals surface area contributed by atoms with Gasteiger partial charge in [-0.15, -0.1) is 0 Å². The molecule has 0 atom stereocenters. The Balaban J connectivity index is 1.37. The van der Waals surface area contributed by atoms with Gasteiger partial charge in [0.15, 0.2) is 5.58 Å². The number of rotatable bonds is 6. The number of furan rings is 1. The molecule has 9 nitrogen and oxygen atoms in total. The van der Waals surface area contributed by atoms with Crippen LogP contribution >= 0.6 is 0 Å². The molecular formula is C26H26N4O5. The Labute approximate surface area is 202 Å². The van der Waals surface area contributed by atoms with Crippen LogP contribution in [-0.4, -0.2) is 53.6 Å². The van der Waals surface area contributed by atoms with Gasteiger partial charge in [-0.2, -0.15) is 0 Å². The second kappa shape index (κ2) is 9.17. The molecule has 1 saturated heterocycles. The van der Waals surface area contributed by atoms with Crippen LogP contribution in [0.2, 0.25) is 0 Å². The molecule has 2 aromatic heterocycles. The number of carbonyl (C=O) groups is 1. The largest absolute Gasteiger partial charge is 0.497 e. The third kappa shape index (κ3) is 4.44. The predicted octanol–water partition coefficient (Wildman–Crippen LogP) is 4.47. The van der Waals surface area contributed by atoms with Crippen LogP contribution in [0.1, 0.15) is 21.8 Å². The number of hydrogen-bond donors (Lipinski definition) is 0. The summed E-state index contributed by atoms with van der Waals surface area (Å²) in [6.45, 7) is 4.81. The molecule has 0 N–H and O–H groups in total. The molecule has 4 aromatic rings. The van der Waals surface area contributed by atoms with Crippen LogP contribution in [0.15, 0.2) is 65.1 Å². The number of amides is 1. The fourth-order valence-electron chi connectivity index (χ4n) is 4.59. The minimum atomic E-state index is -0.412. The maximum absolute atomic E-state index is 13.6. The molecule has 1 amide bonds. The molecule has 1 aliphatic rings. The number of nitrogens with zero attached hydrogens (tertiary/aromatic N) is 4. The van der Waals surface area contributed by atoms with Gasteiger partial charge in [0.1, 0.15) is 17.2 Å². The Hall–Kier alpha value is -4.27. The quantitative estimate of drug-likeness (QED) is 0.302. The molecule has 0 bridgehead atoms. The Morgan fingerprint density at radius 2 is 1.80 bits per heavy atom. The maximum atomic E-state index is 13.6. The van der Waals surface area contributed by atoms with Crippen molar-refractivity contribution in [1.82, 2.24) is 9.47 Å². The van der Waals surface area contributed by atoms with Crippen LogP contribution in [0.3, 0.4) is 0 Å². The molecule has 5 rings (SSSR count). The van der Waals surface area contributed by atoms with Crippen molar-refractivity contribution in [3.05, 3.63) is 87.8 Å². The van der Waals surface area contributed by atoms with Gasteiger partial charge in [0, 0.05) is 62.7 Å². The molecule has 35 heavy (non-hydrogen) atoms. The van der Waals surface area contributed by atoms with Crippen molar-refractivity contribution in [2.24, 2.45) is 0 Å². The third-order valence-electron chi connectivity index (χ3n) is 6.40. The van der Waals surface area contributed by atoms with E-state index in [0.717, 1.165) is 41.4 Å². The Kier molecular flexibility index (Phi) is 5.90. The van der Waals surface area contributed by atoms with Gasteiger partial charge in [0.05, 0.1) is 17.5 Å². The molecule has 0 spiro atoms. The number of non-ortho nitro benzene ring substituents is 1. The molecule has 9 heteroatoms. The number of benzene rings is 2. The lowest BCUT2D eigenvalue weighted by molar-refractivity contribution is -0.384. The van der Waals surface area contributed by atoms with Crippen molar-refractivity contribution in [2.45, 2.75) is 13.5 Å². The van der Waals surface area contributed by atoms with Crippen LogP contribution in [-0.2, 0) is 6.54 Å². The first-order valence-electron chi connectivity index (χ1n) is 11.4. The number of hydrogen-bond acceptors (Lipinski definition) is 6. The highest BCUT2D eigenvalue weighted by molar-refractivity contribution is 5.98. The summed E-state index contributed by atoms with van der Waals surface area (Å²) >= 11 is 0. The van der Waals surface area contributed by atoms with E-state index in [1.807, 2.05) is 52.8 Å². The predicted molar refractivity (Wildman–Crippen MR) is 132 cm³/mol. The number of nitro groups is 1. The zero-order chi connectivity index (χ0) is 24.5. The molecule has 0 radical (unpaired) electrons. The first-order valence-corrected chi connectivity index (χ1v) is 11.4. The van der Waals surface area contributed by atoms with Crippen molar-refractivity contribution in [3.63, 3.8) is 0 Å². The maximum Gasteiger partial charge on any atom is 0.270 e. The number of carbonyl (C=O) groups excluding carboxylic acids is 1. The van der Waals surface area contributed by atoms with E-state index >= 15 is 0 Å². The van der Waals surface area contributed by atoms with E-state index in [0.29, 0.717) is 30.9 Å². The summed E-state index contributed by atoms with van der Waals surface area (Å²) in [7, 11) is 1.65. The summed E-state index contributed by atoms with van der Waals surface area (Å²) < 4.78 is 12.9. The topological polar surface area (TPSA) is 94.0 Å². The third-order valence-corrected chi connectivity index (χ3v) is 6.40. The highest BCUT2D eigenvalue weighted by Crippen LogP contribution is 2.27. The highest BCUT2D eigenvalue weighted by Gasteiger charge is 2.27. The zero-order valence-electron chi connectivity index (χ0n) is 19.6. The van der Waals surface area contributed by atoms with E-state index in [2.05, 4.69) is 4.90 Å². The standard InChI is InChI=1S/C26H26N4O5/c1-18-14-23-25(35-18)16-24(29(23)17-19-4-3-5-21(15-19)30(32)33)26(31)28-12-10-27(11-13-28)20-6-8-22(34-2)9-7-20/h3-9,14-16H,10-13,17H2,1-2H3. The van der Waals surface area contributed by atoms with Crippen molar-refractivity contribution in [3.8, 4) is 5.75 Å².